The second kappa shape index (κ2) is 23.9. The number of aryl methyl sites for hydroxylation is 1. The van der Waals surface area contributed by atoms with Gasteiger partial charge in [-0.3, -0.25) is 4.99 Å². The van der Waals surface area contributed by atoms with E-state index < -0.39 is 46.7 Å². The first-order valence-corrected chi connectivity index (χ1v) is 24.9. The van der Waals surface area contributed by atoms with Gasteiger partial charge >= 0.3 is 12.2 Å². The number of aliphatic imine (C=N–C) groups is 1. The maximum Gasteiger partial charge on any atom is 0.411 e. The number of carbonyl (C=O) groups is 2. The summed E-state index contributed by atoms with van der Waals surface area (Å²) in [6, 6.07) is 33.0. The molecule has 6 aromatic carbocycles. The number of nitrogens with zero attached hydrogens (tertiary/aromatic N) is 5. The van der Waals surface area contributed by atoms with Gasteiger partial charge < -0.3 is 23.8 Å². The van der Waals surface area contributed by atoms with E-state index in [1.165, 1.54) is 48.5 Å². The van der Waals surface area contributed by atoms with E-state index in [4.69, 9.17) is 9.47 Å². The Hall–Kier alpha value is -7.94. The zero-order valence-electron chi connectivity index (χ0n) is 41.8. The predicted octanol–water partition coefficient (Wildman–Crippen LogP) is 15.2. The number of benzene rings is 6. The maximum absolute atomic E-state index is 14.2. The fourth-order valence-electron chi connectivity index (χ4n) is 9.72. The number of ether oxygens (including phenoxy) is 2. The Kier molecular flexibility index (Phi) is 17.0. The average Bonchev–Trinajstić information content (AvgIpc) is 4.18. The van der Waals surface area contributed by atoms with E-state index in [1.807, 2.05) is 68.1 Å². The van der Waals surface area contributed by atoms with E-state index in [0.717, 1.165) is 47.2 Å². The van der Waals surface area contributed by atoms with Crippen molar-refractivity contribution in [2.45, 2.75) is 89.1 Å². The van der Waals surface area contributed by atoms with Crippen LogP contribution in [0.25, 0.3) is 22.3 Å². The molecular formula is C60H57F6N5O4. The number of allylic oxidation sites excluding steroid dienone is 1. The molecule has 0 N–H and O–H groups in total. The smallest absolute Gasteiger partial charge is 0.411 e. The minimum absolute atomic E-state index is 0.252. The lowest BCUT2D eigenvalue weighted by molar-refractivity contribution is -0.0677. The minimum Gasteiger partial charge on any atom is -0.438 e. The molecule has 0 saturated carbocycles. The van der Waals surface area contributed by atoms with E-state index in [2.05, 4.69) is 9.98 Å². The van der Waals surface area contributed by atoms with Gasteiger partial charge in [0.15, 0.2) is 0 Å². The predicted molar refractivity (Wildman–Crippen MR) is 276 cm³/mol. The van der Waals surface area contributed by atoms with E-state index in [1.54, 1.807) is 77.1 Å². The topological polar surface area (TPSA) is 89.3 Å². The molecule has 2 amide bonds. The van der Waals surface area contributed by atoms with Crippen molar-refractivity contribution >= 4 is 18.4 Å². The number of amides is 2. The monoisotopic (exact) mass is 1030 g/mol. The normalized spacial score (nSPS) is 18.8. The number of cyclic esters (lactones) is 2. The number of imidazole rings is 1. The third kappa shape index (κ3) is 12.7. The van der Waals surface area contributed by atoms with Gasteiger partial charge in [0.2, 0.25) is 0 Å². The van der Waals surface area contributed by atoms with Gasteiger partial charge in [-0.25, -0.2) is 40.9 Å². The highest BCUT2D eigenvalue weighted by atomic mass is 19.2. The van der Waals surface area contributed by atoms with Crippen molar-refractivity contribution < 1.29 is 45.4 Å². The molecule has 2 fully saturated rings. The molecule has 3 aliphatic rings. The Bertz CT molecular complexity index is 3090. The first-order valence-electron chi connectivity index (χ1n) is 24.9. The highest BCUT2D eigenvalue weighted by molar-refractivity contribution is 5.72. The zero-order valence-corrected chi connectivity index (χ0v) is 41.8. The van der Waals surface area contributed by atoms with Crippen molar-refractivity contribution in [3.63, 3.8) is 0 Å². The number of hydrogen-bond acceptors (Lipinski definition) is 6. The fourth-order valence-corrected chi connectivity index (χ4v) is 9.72. The van der Waals surface area contributed by atoms with Crippen molar-refractivity contribution in [2.24, 2.45) is 4.99 Å². The number of aromatic nitrogens is 2. The summed E-state index contributed by atoms with van der Waals surface area (Å²) < 4.78 is 95.8. The summed E-state index contributed by atoms with van der Waals surface area (Å²) in [6.45, 7) is 7.37. The second-order valence-electron chi connectivity index (χ2n) is 18.7. The molecule has 0 radical (unpaired) electrons. The Morgan fingerprint density at radius 1 is 0.587 bits per heavy atom. The number of hydrogen-bond donors (Lipinski definition) is 0. The number of carbonyl (C=O) groups excluding carboxylic acids is 2. The van der Waals surface area contributed by atoms with Crippen LogP contribution < -0.4 is 0 Å². The van der Waals surface area contributed by atoms with E-state index in [-0.39, 0.29) is 23.7 Å². The van der Waals surface area contributed by atoms with E-state index >= 15 is 0 Å². The summed E-state index contributed by atoms with van der Waals surface area (Å²) >= 11 is 0. The molecule has 4 atom stereocenters. The largest absolute Gasteiger partial charge is 0.438 e. The second-order valence-corrected chi connectivity index (χ2v) is 18.7. The van der Waals surface area contributed by atoms with Gasteiger partial charge in [-0.05, 0) is 102 Å². The van der Waals surface area contributed by atoms with Crippen molar-refractivity contribution in [1.29, 1.82) is 0 Å². The first kappa shape index (κ1) is 53.4. The summed E-state index contributed by atoms with van der Waals surface area (Å²) in [4.78, 5) is 37.5. The fraction of sp³-hybridized carbons (Fsp3) is 0.267. The average molecular weight is 1030 g/mol. The lowest BCUT2D eigenvalue weighted by atomic mass is 9.84. The summed E-state index contributed by atoms with van der Waals surface area (Å²) in [5.74, 6) is -3.18. The zero-order chi connectivity index (χ0) is 53.1. The van der Waals surface area contributed by atoms with Gasteiger partial charge in [-0.15, -0.1) is 0 Å². The van der Waals surface area contributed by atoms with Crippen LogP contribution in [0.1, 0.15) is 93.6 Å². The van der Waals surface area contributed by atoms with Gasteiger partial charge in [0.05, 0.1) is 18.4 Å². The molecule has 10 rings (SSSR count). The van der Waals surface area contributed by atoms with Gasteiger partial charge in [0.1, 0.15) is 46.1 Å². The van der Waals surface area contributed by atoms with Crippen molar-refractivity contribution in [2.75, 3.05) is 13.1 Å². The summed E-state index contributed by atoms with van der Waals surface area (Å²) in [6.07, 6.45) is 14.2. The van der Waals surface area contributed by atoms with Gasteiger partial charge in [-0.1, -0.05) is 92.2 Å². The molecule has 4 heterocycles. The van der Waals surface area contributed by atoms with Crippen LogP contribution in [0, 0.1) is 34.9 Å². The molecule has 1 aromatic heterocycles. The van der Waals surface area contributed by atoms with Crippen LogP contribution in [0.3, 0.4) is 0 Å². The lowest BCUT2D eigenvalue weighted by Crippen LogP contribution is -2.49. The molecule has 388 valence electrons. The van der Waals surface area contributed by atoms with E-state index in [0.29, 0.717) is 67.6 Å². The molecular weight excluding hydrogens is 969 g/mol. The van der Waals surface area contributed by atoms with Crippen LogP contribution in [0.15, 0.2) is 169 Å². The van der Waals surface area contributed by atoms with Gasteiger partial charge in [0, 0.05) is 93.4 Å². The standard InChI is InChI=1S/C29H26F3N3O2.C27H26F3NO2.C4H5N/c1-20(21-2-4-22(5-3-21)26-11-10-25(31)18-27(26)32)35-16-13-29(37-28(35)36,12-15-34-17-14-33-19-34)23-6-8-24(30)9-7-23;1-3-14-27(21-8-10-22(28)11-9-21)15-16-31(26(32)33-27)18(2)19-4-6-20(7-5-19)24-13-12-23(29)17-25(24)30;1-2-4-5-3-1/h2-11,14,17-20H,12-13,15-16H2,1H3;4-13,17-18H,3,14-16H2,1-2H3;1,3-4H,2H2/t20-,29+;18-,27+;/m00./s1. The van der Waals surface area contributed by atoms with Crippen molar-refractivity contribution in [1.82, 2.24) is 19.4 Å². The third-order valence-corrected chi connectivity index (χ3v) is 14.0. The lowest BCUT2D eigenvalue weighted by Gasteiger charge is -2.43. The highest BCUT2D eigenvalue weighted by Crippen LogP contribution is 2.42. The molecule has 0 bridgehead atoms. The highest BCUT2D eigenvalue weighted by Gasteiger charge is 2.44. The molecule has 2 saturated heterocycles. The number of halogens is 6. The van der Waals surface area contributed by atoms with Crippen molar-refractivity contribution in [3.8, 4) is 22.3 Å². The molecule has 0 aliphatic carbocycles. The SMILES string of the molecule is C1=CN=CC1.CCC[C@]1(c2ccc(F)cc2)CCN([C@@H](C)c2ccc(-c3ccc(F)cc3F)cc2)C(=O)O1.C[C@@H](c1ccc(-c2ccc(F)cc2F)cc1)N1CC[C@](CCn2ccnc2)(c2ccc(F)cc2)OC1=O. The molecule has 9 nitrogen and oxygen atoms in total. The van der Waals surface area contributed by atoms with Gasteiger partial charge in [0.25, 0.3) is 0 Å². The molecule has 3 aliphatic heterocycles. The third-order valence-electron chi connectivity index (χ3n) is 14.0. The van der Waals surface area contributed by atoms with Crippen LogP contribution >= 0.6 is 0 Å². The minimum atomic E-state index is -0.894. The Labute approximate surface area is 432 Å². The van der Waals surface area contributed by atoms with Gasteiger partial charge in [-0.2, -0.15) is 0 Å². The first-order chi connectivity index (χ1) is 36.2. The molecule has 0 unspecified atom stereocenters. The summed E-state index contributed by atoms with van der Waals surface area (Å²) in [5.41, 5.74) is 3.50. The van der Waals surface area contributed by atoms with E-state index in [9.17, 15) is 35.9 Å². The van der Waals surface area contributed by atoms with Crippen LogP contribution in [0.5, 0.6) is 0 Å². The maximum atomic E-state index is 14.2. The van der Waals surface area contributed by atoms with Crippen LogP contribution in [0.2, 0.25) is 0 Å². The number of rotatable bonds is 13. The van der Waals surface area contributed by atoms with Crippen molar-refractivity contribution in [3.05, 3.63) is 222 Å². The molecule has 15 heteroatoms. The summed E-state index contributed by atoms with van der Waals surface area (Å²) in [7, 11) is 0. The Morgan fingerprint density at radius 2 is 1.04 bits per heavy atom. The molecule has 7 aromatic rings. The molecule has 75 heavy (non-hydrogen) atoms. The van der Waals surface area contributed by atoms with Crippen LogP contribution in [-0.2, 0) is 27.2 Å². The summed E-state index contributed by atoms with van der Waals surface area (Å²) in [5, 5.41) is 0. The quantitative estimate of drug-likeness (QED) is 0.107. The van der Waals surface area contributed by atoms with Crippen LogP contribution in [-0.4, -0.2) is 50.8 Å². The Balaban J connectivity index is 0.000000183. The van der Waals surface area contributed by atoms with Crippen LogP contribution in [0.4, 0.5) is 35.9 Å². The molecule has 0 spiro atoms. The Morgan fingerprint density at radius 3 is 1.40 bits per heavy atom.